The number of halogens is 7. The van der Waals surface area contributed by atoms with Crippen molar-refractivity contribution in [1.29, 1.82) is 0 Å². The third-order valence-corrected chi connectivity index (χ3v) is 7.04. The Morgan fingerprint density at radius 2 is 1.10 bits per heavy atom. The Morgan fingerprint density at radius 3 is 1.59 bits per heavy atom. The summed E-state index contributed by atoms with van der Waals surface area (Å²) in [6.45, 7) is 3.54. The Hall–Kier alpha value is -6.05. The van der Waals surface area contributed by atoms with Gasteiger partial charge in [0.05, 0.1) is 47.3 Å². The fourth-order valence-corrected chi connectivity index (χ4v) is 4.24. The summed E-state index contributed by atoms with van der Waals surface area (Å²) in [6.07, 6.45) is -5.73. The molecule has 0 saturated heterocycles. The van der Waals surface area contributed by atoms with Crippen molar-refractivity contribution in [3.8, 4) is 0 Å². The Kier molecular flexibility index (Phi) is 11.3. The molecule has 4 aromatic heterocycles. The van der Waals surface area contributed by atoms with Crippen molar-refractivity contribution in [1.82, 2.24) is 39.9 Å². The van der Waals surface area contributed by atoms with Gasteiger partial charge in [-0.2, -0.15) is 46.3 Å². The fraction of sp³-hybridized carbons (Fsp3) is 0.200. The molecule has 268 valence electrons. The summed E-state index contributed by atoms with van der Waals surface area (Å²) in [5, 5.41) is 2.93. The standard InChI is InChI=1S/C15H14F3N7.C8H8F3N.C7H7ClN6/c1-7-2-3-8(15(16,17)18)4-10(7)21-5-9-6-22-13-11(23-9)12(19)24-14(20)25-13;1-5-2-3-6(4-7(5)12)8(9,10)11;8-1-3-2-11-6-4(12-3)5(9)13-7(10)14-6/h2-4,6,21H,5H2,1H3,(H4,19,20,22,24,25);2-4H,12H2,1H3;2H,1H2,(H4,9,10,11,13,14). The second-order valence-electron chi connectivity index (χ2n) is 10.6. The molecule has 4 heterocycles. The predicted molar refractivity (Wildman–Crippen MR) is 182 cm³/mol. The minimum absolute atomic E-state index is 0.00948. The summed E-state index contributed by atoms with van der Waals surface area (Å²) in [6, 6.07) is 6.83. The average molecular weight is 735 g/mol. The molecule has 51 heavy (non-hydrogen) atoms. The second-order valence-corrected chi connectivity index (χ2v) is 10.9. The van der Waals surface area contributed by atoms with Gasteiger partial charge in [0.15, 0.2) is 34.0 Å². The van der Waals surface area contributed by atoms with Crippen molar-refractivity contribution in [3.63, 3.8) is 0 Å². The molecule has 2 aromatic carbocycles. The fourth-order valence-electron chi connectivity index (χ4n) is 4.11. The number of aromatic nitrogens is 8. The van der Waals surface area contributed by atoms with Crippen molar-refractivity contribution in [3.05, 3.63) is 82.4 Å². The van der Waals surface area contributed by atoms with Gasteiger partial charge in [0.1, 0.15) is 0 Å². The third kappa shape index (κ3) is 9.78. The number of aryl methyl sites for hydroxylation is 2. The van der Waals surface area contributed by atoms with E-state index in [1.807, 2.05) is 0 Å². The largest absolute Gasteiger partial charge is 0.416 e. The van der Waals surface area contributed by atoms with Gasteiger partial charge in [-0.1, -0.05) is 12.1 Å². The maximum atomic E-state index is 12.8. The molecule has 14 nitrogen and oxygen atoms in total. The van der Waals surface area contributed by atoms with E-state index < -0.39 is 23.5 Å². The Morgan fingerprint density at radius 1 is 0.627 bits per heavy atom. The van der Waals surface area contributed by atoms with Crippen LogP contribution in [-0.2, 0) is 24.8 Å². The van der Waals surface area contributed by atoms with E-state index in [1.165, 1.54) is 24.5 Å². The summed E-state index contributed by atoms with van der Waals surface area (Å²) < 4.78 is 74.6. The molecular weight excluding hydrogens is 706 g/mol. The minimum Gasteiger partial charge on any atom is -0.399 e. The SMILES string of the molecule is Cc1ccc(C(F)(F)F)cc1N.Cc1ccc(C(F)(F)F)cc1NCc1cnc2nc(N)nc(N)c2n1.Nc1nc(N)c2nc(CCl)cnc2n1. The lowest BCUT2D eigenvalue weighted by Gasteiger charge is -2.13. The zero-order chi connectivity index (χ0) is 37.7. The van der Waals surface area contributed by atoms with Gasteiger partial charge in [-0.25, -0.2) is 19.9 Å². The molecule has 0 saturated carbocycles. The minimum atomic E-state index is -4.40. The van der Waals surface area contributed by atoms with Crippen LogP contribution in [0, 0.1) is 13.8 Å². The molecule has 11 N–H and O–H groups in total. The summed E-state index contributed by atoms with van der Waals surface area (Å²) in [7, 11) is 0. The highest BCUT2D eigenvalue weighted by molar-refractivity contribution is 6.16. The summed E-state index contributed by atoms with van der Waals surface area (Å²) in [5.74, 6) is 0.652. The summed E-state index contributed by atoms with van der Waals surface area (Å²) in [4.78, 5) is 31.9. The number of alkyl halides is 7. The number of fused-ring (bicyclic) bond motifs is 2. The van der Waals surface area contributed by atoms with E-state index in [0.29, 0.717) is 39.4 Å². The number of nitrogens with one attached hydrogen (secondary N) is 1. The molecule has 0 fully saturated rings. The van der Waals surface area contributed by atoms with Crippen LogP contribution in [-0.4, -0.2) is 39.9 Å². The van der Waals surface area contributed by atoms with Crippen molar-refractivity contribution in [2.24, 2.45) is 0 Å². The van der Waals surface area contributed by atoms with Crippen LogP contribution in [0.1, 0.15) is 33.6 Å². The lowest BCUT2D eigenvalue weighted by Crippen LogP contribution is -2.09. The Balaban J connectivity index is 0.000000189. The Labute approximate surface area is 289 Å². The van der Waals surface area contributed by atoms with Gasteiger partial charge in [-0.3, -0.25) is 0 Å². The number of benzene rings is 2. The van der Waals surface area contributed by atoms with E-state index in [-0.39, 0.29) is 52.8 Å². The number of nitrogens with two attached hydrogens (primary N) is 5. The van der Waals surface area contributed by atoms with Gasteiger partial charge in [-0.15, -0.1) is 11.6 Å². The van der Waals surface area contributed by atoms with Gasteiger partial charge in [0.2, 0.25) is 11.9 Å². The van der Waals surface area contributed by atoms with E-state index in [1.54, 1.807) is 13.8 Å². The van der Waals surface area contributed by atoms with Crippen molar-refractivity contribution in [2.75, 3.05) is 34.0 Å². The van der Waals surface area contributed by atoms with Crippen LogP contribution in [0.2, 0.25) is 0 Å². The number of rotatable bonds is 4. The molecule has 0 unspecified atom stereocenters. The lowest BCUT2D eigenvalue weighted by molar-refractivity contribution is -0.138. The number of nitrogens with zero attached hydrogens (tertiary/aromatic N) is 8. The first-order valence-corrected chi connectivity index (χ1v) is 14.9. The van der Waals surface area contributed by atoms with Crippen LogP contribution in [0.5, 0.6) is 0 Å². The van der Waals surface area contributed by atoms with Crippen LogP contribution in [0.25, 0.3) is 22.3 Å². The molecule has 0 aliphatic heterocycles. The predicted octanol–water partition coefficient (Wildman–Crippen LogP) is 5.44. The summed E-state index contributed by atoms with van der Waals surface area (Å²) >= 11 is 5.60. The van der Waals surface area contributed by atoms with Crippen LogP contribution >= 0.6 is 11.6 Å². The van der Waals surface area contributed by atoms with Crippen LogP contribution in [0.4, 0.5) is 61.2 Å². The molecular formula is C30H29ClF6N14. The van der Waals surface area contributed by atoms with Crippen molar-refractivity contribution in [2.45, 2.75) is 38.6 Å². The zero-order valence-corrected chi connectivity index (χ0v) is 27.4. The van der Waals surface area contributed by atoms with E-state index in [9.17, 15) is 26.3 Å². The number of hydrogen-bond acceptors (Lipinski definition) is 14. The van der Waals surface area contributed by atoms with E-state index >= 15 is 0 Å². The van der Waals surface area contributed by atoms with Crippen LogP contribution in [0.3, 0.4) is 0 Å². The lowest BCUT2D eigenvalue weighted by atomic mass is 10.1. The van der Waals surface area contributed by atoms with E-state index in [0.717, 1.165) is 24.3 Å². The highest BCUT2D eigenvalue weighted by atomic mass is 35.5. The van der Waals surface area contributed by atoms with Crippen LogP contribution < -0.4 is 34.0 Å². The normalized spacial score (nSPS) is 11.4. The molecule has 21 heteroatoms. The zero-order valence-electron chi connectivity index (χ0n) is 26.6. The number of nitrogen functional groups attached to an aromatic ring is 5. The molecule has 0 aliphatic carbocycles. The van der Waals surface area contributed by atoms with Crippen LogP contribution in [0.15, 0.2) is 48.8 Å². The average Bonchev–Trinajstić information content (AvgIpc) is 3.05. The third-order valence-electron chi connectivity index (χ3n) is 6.77. The second kappa shape index (κ2) is 15.2. The van der Waals surface area contributed by atoms with Crippen molar-refractivity contribution >= 4 is 68.8 Å². The monoisotopic (exact) mass is 734 g/mol. The van der Waals surface area contributed by atoms with Crippen molar-refractivity contribution < 1.29 is 26.3 Å². The highest BCUT2D eigenvalue weighted by Gasteiger charge is 2.31. The first-order valence-electron chi connectivity index (χ1n) is 14.4. The van der Waals surface area contributed by atoms with Gasteiger partial charge >= 0.3 is 12.4 Å². The maximum Gasteiger partial charge on any atom is 0.416 e. The maximum absolute atomic E-state index is 12.8. The molecule has 0 bridgehead atoms. The number of anilines is 6. The molecule has 0 aliphatic rings. The van der Waals surface area contributed by atoms with Gasteiger partial charge in [0.25, 0.3) is 0 Å². The molecule has 0 amide bonds. The molecule has 0 atom stereocenters. The topological polar surface area (TPSA) is 245 Å². The Bertz CT molecular complexity index is 2180. The summed E-state index contributed by atoms with van der Waals surface area (Å²) in [5.41, 5.74) is 30.4. The molecule has 6 aromatic rings. The quantitative estimate of drug-likeness (QED) is 0.0750. The van der Waals surface area contributed by atoms with E-state index in [2.05, 4.69) is 45.2 Å². The number of hydrogen-bond donors (Lipinski definition) is 6. The molecule has 0 radical (unpaired) electrons. The van der Waals surface area contributed by atoms with E-state index in [4.69, 9.17) is 40.3 Å². The van der Waals surface area contributed by atoms with Gasteiger partial charge < -0.3 is 34.0 Å². The van der Waals surface area contributed by atoms with Gasteiger partial charge in [0, 0.05) is 11.4 Å². The molecule has 6 rings (SSSR count). The van der Waals surface area contributed by atoms with Gasteiger partial charge in [-0.05, 0) is 49.2 Å². The first kappa shape index (κ1) is 37.8. The first-order chi connectivity index (χ1) is 23.8. The molecule has 0 spiro atoms. The highest BCUT2D eigenvalue weighted by Crippen LogP contribution is 2.33. The smallest absolute Gasteiger partial charge is 0.399 e.